The summed E-state index contributed by atoms with van der Waals surface area (Å²) < 4.78 is 12.8. The maximum atomic E-state index is 12.4. The summed E-state index contributed by atoms with van der Waals surface area (Å²) in [5.41, 5.74) is 3.11. The molecule has 0 saturated carbocycles. The topological polar surface area (TPSA) is 60.5 Å². The summed E-state index contributed by atoms with van der Waals surface area (Å²) in [6.45, 7) is 5.04. The van der Waals surface area contributed by atoms with Crippen molar-refractivity contribution in [2.24, 2.45) is 0 Å². The zero-order chi connectivity index (χ0) is 19.5. The van der Waals surface area contributed by atoms with Crippen LogP contribution in [0.1, 0.15) is 36.4 Å². The lowest BCUT2D eigenvalue weighted by Crippen LogP contribution is -2.23. The zero-order valence-corrected chi connectivity index (χ0v) is 17.0. The van der Waals surface area contributed by atoms with Gasteiger partial charge in [-0.05, 0) is 38.1 Å². The van der Waals surface area contributed by atoms with Gasteiger partial charge in [0.25, 0.3) is 0 Å². The van der Waals surface area contributed by atoms with Crippen molar-refractivity contribution in [3.63, 3.8) is 0 Å². The first-order chi connectivity index (χ1) is 13.6. The molecule has 146 valence electrons. The van der Waals surface area contributed by atoms with E-state index in [0.29, 0.717) is 26.0 Å². The number of nitrogens with zero attached hydrogens (tertiary/aromatic N) is 1. The summed E-state index contributed by atoms with van der Waals surface area (Å²) in [5.74, 6) is 1.73. The van der Waals surface area contributed by atoms with E-state index in [1.54, 1.807) is 11.3 Å². The number of amides is 1. The van der Waals surface area contributed by atoms with Crippen molar-refractivity contribution in [2.45, 2.75) is 45.8 Å². The lowest BCUT2D eigenvalue weighted by atomic mass is 10.1. The highest BCUT2D eigenvalue weighted by atomic mass is 32.1. The molecule has 6 heteroatoms. The van der Waals surface area contributed by atoms with E-state index in [1.165, 1.54) is 5.56 Å². The average Bonchev–Trinajstić information content (AvgIpc) is 3.26. The quantitative estimate of drug-likeness (QED) is 0.648. The Kier molecular flexibility index (Phi) is 5.48. The second-order valence-corrected chi connectivity index (χ2v) is 8.10. The van der Waals surface area contributed by atoms with E-state index in [1.807, 2.05) is 37.3 Å². The van der Waals surface area contributed by atoms with Gasteiger partial charge in [0.1, 0.15) is 17.6 Å². The summed E-state index contributed by atoms with van der Waals surface area (Å²) in [6.07, 6.45) is 2.14. The van der Waals surface area contributed by atoms with Crippen LogP contribution < -0.4 is 14.8 Å². The molecule has 2 heterocycles. The van der Waals surface area contributed by atoms with Gasteiger partial charge in [-0.2, -0.15) is 0 Å². The Labute approximate surface area is 168 Å². The first kappa shape index (κ1) is 18.7. The molecular weight excluding hydrogens is 372 g/mol. The van der Waals surface area contributed by atoms with E-state index in [0.717, 1.165) is 38.7 Å². The van der Waals surface area contributed by atoms with E-state index in [2.05, 4.69) is 23.3 Å². The number of carbonyl (C=O) groups excluding carboxylic acids is 1. The lowest BCUT2D eigenvalue weighted by Gasteiger charge is -2.13. The maximum Gasteiger partial charge on any atom is 0.220 e. The van der Waals surface area contributed by atoms with Gasteiger partial charge in [0.05, 0.1) is 21.8 Å². The van der Waals surface area contributed by atoms with E-state index < -0.39 is 0 Å². The van der Waals surface area contributed by atoms with Gasteiger partial charge in [0.15, 0.2) is 0 Å². The van der Waals surface area contributed by atoms with Gasteiger partial charge in [-0.3, -0.25) is 4.79 Å². The minimum Gasteiger partial charge on any atom is -0.494 e. The van der Waals surface area contributed by atoms with Crippen molar-refractivity contribution in [3.05, 3.63) is 52.5 Å². The molecule has 1 aromatic heterocycles. The van der Waals surface area contributed by atoms with Gasteiger partial charge < -0.3 is 14.8 Å². The highest BCUT2D eigenvalue weighted by Crippen LogP contribution is 2.35. The number of thiazole rings is 1. The van der Waals surface area contributed by atoms with Crippen LogP contribution in [-0.4, -0.2) is 23.6 Å². The van der Waals surface area contributed by atoms with Crippen LogP contribution in [-0.2, 0) is 24.2 Å². The summed E-state index contributed by atoms with van der Waals surface area (Å²) in [7, 11) is 0. The predicted molar refractivity (Wildman–Crippen MR) is 111 cm³/mol. The highest BCUT2D eigenvalue weighted by molar-refractivity contribution is 7.18. The maximum absolute atomic E-state index is 12.4. The fourth-order valence-electron chi connectivity index (χ4n) is 3.44. The van der Waals surface area contributed by atoms with Gasteiger partial charge in [-0.1, -0.05) is 12.1 Å². The molecule has 1 aliphatic heterocycles. The molecule has 1 atom stereocenters. The number of fused-ring (bicyclic) bond motifs is 2. The third-order valence-corrected chi connectivity index (χ3v) is 5.86. The molecule has 1 N–H and O–H groups in total. The zero-order valence-electron chi connectivity index (χ0n) is 16.2. The van der Waals surface area contributed by atoms with Crippen LogP contribution in [0, 0.1) is 0 Å². The lowest BCUT2D eigenvalue weighted by molar-refractivity contribution is -0.121. The number of benzene rings is 2. The second kappa shape index (κ2) is 8.19. The molecule has 1 aliphatic rings. The number of aryl methyl sites for hydroxylation is 1. The minimum atomic E-state index is 0.0106. The van der Waals surface area contributed by atoms with Gasteiger partial charge >= 0.3 is 0 Å². The van der Waals surface area contributed by atoms with Crippen molar-refractivity contribution < 1.29 is 14.3 Å². The molecule has 3 aromatic rings. The average molecular weight is 397 g/mol. The van der Waals surface area contributed by atoms with Gasteiger partial charge in [0.2, 0.25) is 5.91 Å². The van der Waals surface area contributed by atoms with Gasteiger partial charge in [-0.25, -0.2) is 4.98 Å². The molecule has 4 rings (SSSR count). The Morgan fingerprint density at radius 1 is 1.36 bits per heavy atom. The SMILES string of the molecule is CCOc1cc2c(cc1CNC(=O)CCc1nc3ccccc3s1)O[C@H](C)C2. The fourth-order valence-corrected chi connectivity index (χ4v) is 4.41. The third-order valence-electron chi connectivity index (χ3n) is 4.76. The molecule has 0 fully saturated rings. The van der Waals surface area contributed by atoms with Crippen LogP contribution in [0.3, 0.4) is 0 Å². The monoisotopic (exact) mass is 396 g/mol. The molecule has 1 amide bonds. The second-order valence-electron chi connectivity index (χ2n) is 6.99. The molecule has 2 aromatic carbocycles. The van der Waals surface area contributed by atoms with E-state index in [-0.39, 0.29) is 12.0 Å². The summed E-state index contributed by atoms with van der Waals surface area (Å²) >= 11 is 1.65. The van der Waals surface area contributed by atoms with Gasteiger partial charge in [0, 0.05) is 36.9 Å². The van der Waals surface area contributed by atoms with Crippen LogP contribution in [0.5, 0.6) is 11.5 Å². The number of hydrogen-bond acceptors (Lipinski definition) is 5. The molecular formula is C22H24N2O3S. The standard InChI is InChI=1S/C22H24N2O3S/c1-3-26-18-11-15-10-14(2)27-19(15)12-16(18)13-23-21(25)8-9-22-24-17-6-4-5-7-20(17)28-22/h4-7,11-12,14H,3,8-10,13H2,1-2H3,(H,23,25)/t14-/m1/s1. The molecule has 5 nitrogen and oxygen atoms in total. The number of aromatic nitrogens is 1. The van der Waals surface area contributed by atoms with Crippen LogP contribution in [0.4, 0.5) is 0 Å². The largest absolute Gasteiger partial charge is 0.494 e. The number of nitrogens with one attached hydrogen (secondary N) is 1. The number of hydrogen-bond donors (Lipinski definition) is 1. The molecule has 0 aliphatic carbocycles. The van der Waals surface area contributed by atoms with Crippen molar-refractivity contribution >= 4 is 27.5 Å². The number of ether oxygens (including phenoxy) is 2. The molecule has 28 heavy (non-hydrogen) atoms. The smallest absolute Gasteiger partial charge is 0.220 e. The predicted octanol–water partition coefficient (Wildman–Crippen LogP) is 4.27. The molecule has 0 unspecified atom stereocenters. The van der Waals surface area contributed by atoms with E-state index >= 15 is 0 Å². The normalized spacial score (nSPS) is 15.3. The summed E-state index contributed by atoms with van der Waals surface area (Å²) in [6, 6.07) is 12.1. The highest BCUT2D eigenvalue weighted by Gasteiger charge is 2.22. The van der Waals surface area contributed by atoms with Crippen molar-refractivity contribution in [3.8, 4) is 11.5 Å². The Bertz CT molecular complexity index is 966. The van der Waals surface area contributed by atoms with Crippen LogP contribution in [0.2, 0.25) is 0 Å². The van der Waals surface area contributed by atoms with Crippen molar-refractivity contribution in [1.82, 2.24) is 10.3 Å². The van der Waals surface area contributed by atoms with Crippen molar-refractivity contribution in [2.75, 3.05) is 6.61 Å². The number of para-hydroxylation sites is 1. The first-order valence-corrected chi connectivity index (χ1v) is 10.5. The number of rotatable bonds is 7. The van der Waals surface area contributed by atoms with Crippen molar-refractivity contribution in [1.29, 1.82) is 0 Å². The molecule has 0 bridgehead atoms. The Morgan fingerprint density at radius 2 is 2.21 bits per heavy atom. The number of carbonyl (C=O) groups is 1. The third kappa shape index (κ3) is 4.12. The Morgan fingerprint density at radius 3 is 3.04 bits per heavy atom. The Balaban J connectivity index is 1.37. The van der Waals surface area contributed by atoms with Crippen LogP contribution >= 0.6 is 11.3 Å². The summed E-state index contributed by atoms with van der Waals surface area (Å²) in [4.78, 5) is 16.9. The Hall–Kier alpha value is -2.60. The van der Waals surface area contributed by atoms with Gasteiger partial charge in [-0.15, -0.1) is 11.3 Å². The molecule has 0 spiro atoms. The molecule has 0 saturated heterocycles. The van der Waals surface area contributed by atoms with Crippen LogP contribution in [0.15, 0.2) is 36.4 Å². The van der Waals surface area contributed by atoms with E-state index in [4.69, 9.17) is 9.47 Å². The molecule has 0 radical (unpaired) electrons. The minimum absolute atomic E-state index is 0.0106. The van der Waals surface area contributed by atoms with E-state index in [9.17, 15) is 4.79 Å². The van der Waals surface area contributed by atoms with Crippen LogP contribution in [0.25, 0.3) is 10.2 Å². The fraction of sp³-hybridized carbons (Fsp3) is 0.364. The summed E-state index contributed by atoms with van der Waals surface area (Å²) in [5, 5.41) is 4.00. The first-order valence-electron chi connectivity index (χ1n) is 9.68.